The Hall–Kier alpha value is -1.80. The molecule has 2 rings (SSSR count). The van der Waals surface area contributed by atoms with Crippen molar-refractivity contribution < 1.29 is 0 Å². The standard InChI is InChI=1S/C16H20N2/c1-18(2)16-10-6-5-8-14(16)11-13-7-3-4-9-15(13)12-17/h3-10H,11-12,17H2,1-2H3. The Kier molecular flexibility index (Phi) is 4.00. The van der Waals surface area contributed by atoms with Crippen molar-refractivity contribution >= 4 is 5.69 Å². The molecule has 0 atom stereocenters. The molecule has 0 spiro atoms. The van der Waals surface area contributed by atoms with Crippen molar-refractivity contribution in [2.24, 2.45) is 5.73 Å². The molecule has 0 saturated carbocycles. The largest absolute Gasteiger partial charge is 0.377 e. The van der Waals surface area contributed by atoms with E-state index >= 15 is 0 Å². The van der Waals surface area contributed by atoms with Gasteiger partial charge in [0.05, 0.1) is 0 Å². The fourth-order valence-electron chi connectivity index (χ4n) is 2.23. The molecule has 0 heterocycles. The summed E-state index contributed by atoms with van der Waals surface area (Å²) in [5, 5.41) is 0. The highest BCUT2D eigenvalue weighted by molar-refractivity contribution is 5.54. The second-order valence-corrected chi connectivity index (χ2v) is 4.67. The maximum Gasteiger partial charge on any atom is 0.0396 e. The lowest BCUT2D eigenvalue weighted by atomic mass is 9.98. The van der Waals surface area contributed by atoms with Crippen molar-refractivity contribution in [1.82, 2.24) is 0 Å². The topological polar surface area (TPSA) is 29.3 Å². The Balaban J connectivity index is 2.34. The molecule has 2 heteroatoms. The predicted molar refractivity (Wildman–Crippen MR) is 77.9 cm³/mol. The number of para-hydroxylation sites is 1. The molecule has 0 aliphatic rings. The molecule has 0 bridgehead atoms. The van der Waals surface area contributed by atoms with Crippen LogP contribution in [0, 0.1) is 0 Å². The van der Waals surface area contributed by atoms with E-state index in [0.717, 1.165) is 6.42 Å². The van der Waals surface area contributed by atoms with Crippen LogP contribution in [-0.2, 0) is 13.0 Å². The Bertz CT molecular complexity index is 518. The minimum absolute atomic E-state index is 0.598. The van der Waals surface area contributed by atoms with Crippen LogP contribution in [0.3, 0.4) is 0 Å². The molecule has 0 radical (unpaired) electrons. The minimum atomic E-state index is 0.598. The normalized spacial score (nSPS) is 10.4. The van der Waals surface area contributed by atoms with Crippen LogP contribution in [0.4, 0.5) is 5.69 Å². The monoisotopic (exact) mass is 240 g/mol. The van der Waals surface area contributed by atoms with E-state index < -0.39 is 0 Å². The summed E-state index contributed by atoms with van der Waals surface area (Å²) >= 11 is 0. The summed E-state index contributed by atoms with van der Waals surface area (Å²) in [7, 11) is 4.15. The molecule has 0 unspecified atom stereocenters. The van der Waals surface area contributed by atoms with E-state index in [1.54, 1.807) is 0 Å². The molecule has 0 amide bonds. The maximum atomic E-state index is 5.79. The highest BCUT2D eigenvalue weighted by Gasteiger charge is 2.06. The second-order valence-electron chi connectivity index (χ2n) is 4.67. The zero-order valence-electron chi connectivity index (χ0n) is 11.1. The SMILES string of the molecule is CN(C)c1ccccc1Cc1ccccc1CN. The summed E-state index contributed by atoms with van der Waals surface area (Å²) in [5.74, 6) is 0. The van der Waals surface area contributed by atoms with Gasteiger partial charge in [-0.1, -0.05) is 42.5 Å². The van der Waals surface area contributed by atoms with Gasteiger partial charge in [0.2, 0.25) is 0 Å². The van der Waals surface area contributed by atoms with E-state index in [0.29, 0.717) is 6.54 Å². The third-order valence-corrected chi connectivity index (χ3v) is 3.19. The Morgan fingerprint density at radius 3 is 2.00 bits per heavy atom. The quantitative estimate of drug-likeness (QED) is 0.890. The first kappa shape index (κ1) is 12.7. The summed E-state index contributed by atoms with van der Waals surface area (Å²) in [6.45, 7) is 0.598. The molecule has 0 fully saturated rings. The zero-order chi connectivity index (χ0) is 13.0. The van der Waals surface area contributed by atoms with Crippen molar-refractivity contribution in [2.75, 3.05) is 19.0 Å². The molecule has 18 heavy (non-hydrogen) atoms. The van der Waals surface area contributed by atoms with Gasteiger partial charge >= 0.3 is 0 Å². The third kappa shape index (κ3) is 2.71. The molecule has 94 valence electrons. The molecule has 0 aliphatic heterocycles. The molecule has 0 aromatic heterocycles. The van der Waals surface area contributed by atoms with Crippen LogP contribution in [0.1, 0.15) is 16.7 Å². The van der Waals surface area contributed by atoms with Gasteiger partial charge in [0, 0.05) is 26.3 Å². The average molecular weight is 240 g/mol. The van der Waals surface area contributed by atoms with E-state index in [1.807, 2.05) is 6.07 Å². The fourth-order valence-corrected chi connectivity index (χ4v) is 2.23. The van der Waals surface area contributed by atoms with Crippen molar-refractivity contribution in [3.63, 3.8) is 0 Å². The lowest BCUT2D eigenvalue weighted by molar-refractivity contribution is 1.01. The van der Waals surface area contributed by atoms with Crippen LogP contribution in [0.2, 0.25) is 0 Å². The van der Waals surface area contributed by atoms with Crippen molar-refractivity contribution in [1.29, 1.82) is 0 Å². The van der Waals surface area contributed by atoms with Crippen LogP contribution in [0.15, 0.2) is 48.5 Å². The van der Waals surface area contributed by atoms with Gasteiger partial charge in [-0.3, -0.25) is 0 Å². The van der Waals surface area contributed by atoms with Crippen LogP contribution < -0.4 is 10.6 Å². The molecular formula is C16H20N2. The Morgan fingerprint density at radius 2 is 1.39 bits per heavy atom. The summed E-state index contributed by atoms with van der Waals surface area (Å²) in [4.78, 5) is 2.15. The van der Waals surface area contributed by atoms with E-state index in [2.05, 4.69) is 61.5 Å². The van der Waals surface area contributed by atoms with E-state index in [1.165, 1.54) is 22.4 Å². The Labute approximate surface area is 109 Å². The van der Waals surface area contributed by atoms with Gasteiger partial charge in [0.15, 0.2) is 0 Å². The number of nitrogens with zero attached hydrogens (tertiary/aromatic N) is 1. The minimum Gasteiger partial charge on any atom is -0.377 e. The molecular weight excluding hydrogens is 220 g/mol. The lowest BCUT2D eigenvalue weighted by Crippen LogP contribution is -2.12. The number of nitrogens with two attached hydrogens (primary N) is 1. The first-order valence-corrected chi connectivity index (χ1v) is 6.24. The van der Waals surface area contributed by atoms with Gasteiger partial charge in [-0.15, -0.1) is 0 Å². The van der Waals surface area contributed by atoms with Crippen LogP contribution in [-0.4, -0.2) is 14.1 Å². The molecule has 0 aliphatic carbocycles. The van der Waals surface area contributed by atoms with Gasteiger partial charge in [-0.2, -0.15) is 0 Å². The fraction of sp³-hybridized carbons (Fsp3) is 0.250. The summed E-state index contributed by atoms with van der Waals surface area (Å²) < 4.78 is 0. The van der Waals surface area contributed by atoms with E-state index in [4.69, 9.17) is 5.73 Å². The van der Waals surface area contributed by atoms with Crippen LogP contribution >= 0.6 is 0 Å². The van der Waals surface area contributed by atoms with Gasteiger partial charge in [0.25, 0.3) is 0 Å². The van der Waals surface area contributed by atoms with Gasteiger partial charge in [-0.25, -0.2) is 0 Å². The number of hydrogen-bond donors (Lipinski definition) is 1. The highest BCUT2D eigenvalue weighted by atomic mass is 15.1. The molecule has 2 aromatic rings. The number of anilines is 1. The highest BCUT2D eigenvalue weighted by Crippen LogP contribution is 2.22. The first-order chi connectivity index (χ1) is 8.72. The third-order valence-electron chi connectivity index (χ3n) is 3.19. The first-order valence-electron chi connectivity index (χ1n) is 6.24. The second kappa shape index (κ2) is 5.69. The average Bonchev–Trinajstić information content (AvgIpc) is 2.40. The smallest absolute Gasteiger partial charge is 0.0396 e. The lowest BCUT2D eigenvalue weighted by Gasteiger charge is -2.18. The maximum absolute atomic E-state index is 5.79. The summed E-state index contributed by atoms with van der Waals surface area (Å²) in [5.41, 5.74) is 10.9. The van der Waals surface area contributed by atoms with E-state index in [-0.39, 0.29) is 0 Å². The summed E-state index contributed by atoms with van der Waals surface area (Å²) in [6.07, 6.45) is 0.932. The summed E-state index contributed by atoms with van der Waals surface area (Å²) in [6, 6.07) is 16.9. The zero-order valence-corrected chi connectivity index (χ0v) is 11.1. The Morgan fingerprint density at radius 1 is 0.833 bits per heavy atom. The van der Waals surface area contributed by atoms with Crippen molar-refractivity contribution in [3.8, 4) is 0 Å². The van der Waals surface area contributed by atoms with Gasteiger partial charge in [-0.05, 0) is 29.2 Å². The molecule has 2 aromatic carbocycles. The van der Waals surface area contributed by atoms with Gasteiger partial charge in [0.1, 0.15) is 0 Å². The number of benzene rings is 2. The van der Waals surface area contributed by atoms with Gasteiger partial charge < -0.3 is 10.6 Å². The van der Waals surface area contributed by atoms with Crippen molar-refractivity contribution in [3.05, 3.63) is 65.2 Å². The number of rotatable bonds is 4. The number of hydrogen-bond acceptors (Lipinski definition) is 2. The molecule has 0 saturated heterocycles. The van der Waals surface area contributed by atoms with Crippen molar-refractivity contribution in [2.45, 2.75) is 13.0 Å². The molecule has 2 nitrogen and oxygen atoms in total. The predicted octanol–water partition coefficient (Wildman–Crippen LogP) is 2.80. The van der Waals surface area contributed by atoms with E-state index in [9.17, 15) is 0 Å². The van der Waals surface area contributed by atoms with Crippen LogP contribution in [0.5, 0.6) is 0 Å². The molecule has 2 N–H and O–H groups in total. The van der Waals surface area contributed by atoms with Crippen LogP contribution in [0.25, 0.3) is 0 Å².